The van der Waals surface area contributed by atoms with Crippen LogP contribution in [0.1, 0.15) is 74.7 Å². The molecule has 0 saturated carbocycles. The monoisotopic (exact) mass is 554 g/mol. The SMILES string of the molecule is C#CC(C)(C)CC(C#CCC1(O)CC(O[Si](C)(C)C(C)(C)C)C=C1Br)O[Si](CC)(CC)CC. The first kappa shape index (κ1) is 30.7. The largest absolute Gasteiger partial charge is 0.410 e. The van der Waals surface area contributed by atoms with E-state index in [1.54, 1.807) is 0 Å². The second-order valence-corrected chi connectivity index (χ2v) is 22.1. The minimum Gasteiger partial charge on any atom is -0.410 e. The van der Waals surface area contributed by atoms with Crippen LogP contribution in [-0.4, -0.2) is 39.6 Å². The van der Waals surface area contributed by atoms with Gasteiger partial charge in [0.1, 0.15) is 11.7 Å². The zero-order chi connectivity index (χ0) is 25.7. The molecule has 1 N–H and O–H groups in total. The molecule has 0 saturated heterocycles. The molecule has 1 rings (SSSR count). The Bertz CT molecular complexity index is 783. The molecule has 0 bridgehead atoms. The lowest BCUT2D eigenvalue weighted by atomic mass is 9.88. The zero-order valence-electron chi connectivity index (χ0n) is 22.7. The van der Waals surface area contributed by atoms with Crippen LogP contribution in [0.3, 0.4) is 0 Å². The van der Waals surface area contributed by atoms with Crippen LogP contribution in [0.15, 0.2) is 10.6 Å². The lowest BCUT2D eigenvalue weighted by Crippen LogP contribution is -2.44. The molecule has 0 heterocycles. The number of hydrogen-bond donors (Lipinski definition) is 1. The van der Waals surface area contributed by atoms with Crippen molar-refractivity contribution in [2.75, 3.05) is 0 Å². The second-order valence-electron chi connectivity index (χ2n) is 11.7. The van der Waals surface area contributed by atoms with E-state index in [-0.39, 0.29) is 22.7 Å². The molecule has 1 aliphatic rings. The standard InChI is InChI=1S/C27H47BrO3Si2/c1-12-26(8,9)20-22(31-33(13-2,14-3)15-4)17-16-18-27(29)21-23(19-24(27)28)30-32(10,11)25(5,6)7/h1,19,22-23,29H,13-15,18,20-21H2,2-11H3. The van der Waals surface area contributed by atoms with Gasteiger partial charge in [-0.25, -0.2) is 0 Å². The van der Waals surface area contributed by atoms with Gasteiger partial charge in [-0.1, -0.05) is 69.3 Å². The summed E-state index contributed by atoms with van der Waals surface area (Å²) in [5.41, 5.74) is -1.32. The third-order valence-corrected chi connectivity index (χ3v) is 17.8. The van der Waals surface area contributed by atoms with E-state index in [2.05, 4.69) is 102 Å². The lowest BCUT2D eigenvalue weighted by molar-refractivity contribution is 0.0630. The summed E-state index contributed by atoms with van der Waals surface area (Å²) in [4.78, 5) is 0. The Morgan fingerprint density at radius 3 is 2.18 bits per heavy atom. The molecule has 0 amide bonds. The molecule has 3 nitrogen and oxygen atoms in total. The van der Waals surface area contributed by atoms with Crippen LogP contribution < -0.4 is 0 Å². The van der Waals surface area contributed by atoms with Crippen molar-refractivity contribution in [3.05, 3.63) is 10.6 Å². The Balaban J connectivity index is 3.02. The number of hydrogen-bond acceptors (Lipinski definition) is 3. The molecule has 0 aliphatic heterocycles. The fourth-order valence-corrected chi connectivity index (χ4v) is 8.46. The van der Waals surface area contributed by atoms with Gasteiger partial charge in [0.25, 0.3) is 0 Å². The van der Waals surface area contributed by atoms with E-state index in [0.29, 0.717) is 19.3 Å². The fourth-order valence-electron chi connectivity index (χ4n) is 3.85. The van der Waals surface area contributed by atoms with Gasteiger partial charge < -0.3 is 14.0 Å². The highest BCUT2D eigenvalue weighted by Gasteiger charge is 2.44. The van der Waals surface area contributed by atoms with Gasteiger partial charge in [0.2, 0.25) is 0 Å². The van der Waals surface area contributed by atoms with Crippen LogP contribution in [0.4, 0.5) is 0 Å². The van der Waals surface area contributed by atoms with Crippen LogP contribution in [0.25, 0.3) is 0 Å². The second kappa shape index (κ2) is 11.6. The molecule has 0 fully saturated rings. The van der Waals surface area contributed by atoms with Crippen molar-refractivity contribution in [2.45, 2.75) is 129 Å². The zero-order valence-corrected chi connectivity index (χ0v) is 26.3. The van der Waals surface area contributed by atoms with E-state index in [4.69, 9.17) is 15.3 Å². The topological polar surface area (TPSA) is 38.7 Å². The molecule has 3 unspecified atom stereocenters. The summed E-state index contributed by atoms with van der Waals surface area (Å²) in [6.07, 6.45) is 9.03. The Labute approximate surface area is 214 Å². The quantitative estimate of drug-likeness (QED) is 0.223. The van der Waals surface area contributed by atoms with Crippen molar-refractivity contribution in [1.29, 1.82) is 0 Å². The Morgan fingerprint density at radius 1 is 1.18 bits per heavy atom. The first-order chi connectivity index (χ1) is 15.0. The van der Waals surface area contributed by atoms with Crippen molar-refractivity contribution in [1.82, 2.24) is 0 Å². The first-order valence-electron chi connectivity index (χ1n) is 12.4. The molecule has 188 valence electrons. The van der Waals surface area contributed by atoms with Gasteiger partial charge in [-0.05, 0) is 62.6 Å². The average molecular weight is 556 g/mol. The average Bonchev–Trinajstić information content (AvgIpc) is 2.97. The van der Waals surface area contributed by atoms with Crippen molar-refractivity contribution < 1.29 is 14.0 Å². The molecule has 3 atom stereocenters. The van der Waals surface area contributed by atoms with Crippen LogP contribution in [0.5, 0.6) is 0 Å². The van der Waals surface area contributed by atoms with Crippen LogP contribution in [0, 0.1) is 29.6 Å². The van der Waals surface area contributed by atoms with E-state index in [9.17, 15) is 5.11 Å². The normalized spacial score (nSPS) is 22.9. The highest BCUT2D eigenvalue weighted by molar-refractivity contribution is 9.11. The third kappa shape index (κ3) is 8.37. The summed E-state index contributed by atoms with van der Waals surface area (Å²) in [5.74, 6) is 9.51. The van der Waals surface area contributed by atoms with Gasteiger partial charge in [0, 0.05) is 22.7 Å². The third-order valence-electron chi connectivity index (χ3n) is 7.62. The van der Waals surface area contributed by atoms with Crippen molar-refractivity contribution in [3.63, 3.8) is 0 Å². The van der Waals surface area contributed by atoms with Crippen molar-refractivity contribution in [3.8, 4) is 24.2 Å². The van der Waals surface area contributed by atoms with Gasteiger partial charge in [0.05, 0.1) is 6.10 Å². The van der Waals surface area contributed by atoms with E-state index >= 15 is 0 Å². The van der Waals surface area contributed by atoms with Gasteiger partial charge in [-0.15, -0.1) is 12.3 Å². The molecule has 0 radical (unpaired) electrons. The number of aliphatic hydroxyl groups is 1. The molecule has 0 aromatic rings. The molecular weight excluding hydrogens is 508 g/mol. The fraction of sp³-hybridized carbons (Fsp3) is 0.778. The first-order valence-corrected chi connectivity index (χ1v) is 18.6. The van der Waals surface area contributed by atoms with Crippen LogP contribution in [-0.2, 0) is 8.85 Å². The molecule has 33 heavy (non-hydrogen) atoms. The summed E-state index contributed by atoms with van der Waals surface area (Å²) < 4.78 is 14.0. The molecule has 6 heteroatoms. The minimum atomic E-state index is -1.93. The van der Waals surface area contributed by atoms with Gasteiger partial charge in [-0.2, -0.15) is 0 Å². The summed E-state index contributed by atoms with van der Waals surface area (Å²) in [7, 11) is -3.76. The van der Waals surface area contributed by atoms with Gasteiger partial charge >= 0.3 is 0 Å². The minimum absolute atomic E-state index is 0.0974. The molecule has 1 aliphatic carbocycles. The smallest absolute Gasteiger partial charge is 0.193 e. The summed E-state index contributed by atoms with van der Waals surface area (Å²) in [6.45, 7) is 22.0. The van der Waals surface area contributed by atoms with Gasteiger partial charge in [-0.3, -0.25) is 0 Å². The Kier molecular flexibility index (Phi) is 10.8. The maximum atomic E-state index is 11.3. The number of halogens is 1. The van der Waals surface area contributed by atoms with E-state index in [0.717, 1.165) is 22.6 Å². The molecule has 0 aromatic carbocycles. The molecule has 0 aromatic heterocycles. The predicted octanol–water partition coefficient (Wildman–Crippen LogP) is 7.62. The number of terminal acetylenes is 1. The maximum absolute atomic E-state index is 11.3. The Hall–Kier alpha value is -0.346. The van der Waals surface area contributed by atoms with Crippen molar-refractivity contribution >= 4 is 32.6 Å². The summed E-state index contributed by atoms with van der Waals surface area (Å²) in [5, 5.41) is 11.5. The van der Waals surface area contributed by atoms with E-state index in [1.807, 2.05) is 6.08 Å². The molecule has 0 spiro atoms. The predicted molar refractivity (Wildman–Crippen MR) is 150 cm³/mol. The highest BCUT2D eigenvalue weighted by atomic mass is 79.9. The lowest BCUT2D eigenvalue weighted by Gasteiger charge is -2.38. The van der Waals surface area contributed by atoms with E-state index < -0.39 is 22.2 Å². The van der Waals surface area contributed by atoms with Crippen LogP contribution in [0.2, 0.25) is 36.3 Å². The summed E-state index contributed by atoms with van der Waals surface area (Å²) >= 11 is 3.60. The number of rotatable bonds is 10. The molecular formula is C27H47BrO3Si2. The maximum Gasteiger partial charge on any atom is 0.193 e. The van der Waals surface area contributed by atoms with Crippen molar-refractivity contribution in [2.24, 2.45) is 5.41 Å². The highest BCUT2D eigenvalue weighted by Crippen LogP contribution is 2.43. The summed E-state index contributed by atoms with van der Waals surface area (Å²) in [6, 6.07) is 3.21. The van der Waals surface area contributed by atoms with Gasteiger partial charge in [0.15, 0.2) is 16.6 Å². The Morgan fingerprint density at radius 2 is 1.73 bits per heavy atom. The van der Waals surface area contributed by atoms with E-state index in [1.165, 1.54) is 0 Å². The van der Waals surface area contributed by atoms with Crippen LogP contribution >= 0.6 is 15.9 Å².